The molecule has 0 aliphatic rings. The van der Waals surface area contributed by atoms with E-state index in [1.54, 1.807) is 26.4 Å². The van der Waals surface area contributed by atoms with Crippen LogP contribution in [0.25, 0.3) is 6.08 Å². The molecule has 1 aromatic carbocycles. The lowest BCUT2D eigenvalue weighted by Gasteiger charge is -2.10. The van der Waals surface area contributed by atoms with Crippen molar-refractivity contribution in [3.8, 4) is 5.75 Å². The molecule has 0 bridgehead atoms. The molecule has 1 amide bonds. The first-order valence-corrected chi connectivity index (χ1v) is 7.24. The van der Waals surface area contributed by atoms with Gasteiger partial charge in [-0.3, -0.25) is 4.79 Å². The van der Waals surface area contributed by atoms with Gasteiger partial charge in [0.05, 0.1) is 7.11 Å². The molecule has 4 heteroatoms. The molecule has 0 radical (unpaired) electrons. The molecule has 116 valence electrons. The molecule has 1 atom stereocenters. The van der Waals surface area contributed by atoms with Gasteiger partial charge in [0.25, 0.3) is 0 Å². The molecule has 1 unspecified atom stereocenters. The number of benzene rings is 1. The van der Waals surface area contributed by atoms with Crippen LogP contribution < -0.4 is 10.1 Å². The average Bonchev–Trinajstić information content (AvgIpc) is 2.51. The van der Waals surface area contributed by atoms with E-state index in [-0.39, 0.29) is 5.91 Å². The third kappa shape index (κ3) is 7.51. The molecule has 21 heavy (non-hydrogen) atoms. The van der Waals surface area contributed by atoms with Gasteiger partial charge >= 0.3 is 0 Å². The molecule has 1 rings (SSSR count). The van der Waals surface area contributed by atoms with Crippen molar-refractivity contribution in [1.82, 2.24) is 5.32 Å². The van der Waals surface area contributed by atoms with Crippen LogP contribution in [0, 0.1) is 5.92 Å². The number of carbonyl (C=O) groups is 1. The van der Waals surface area contributed by atoms with Crippen LogP contribution in [-0.2, 0) is 9.53 Å². The molecular weight excluding hydrogens is 266 g/mol. The highest BCUT2D eigenvalue weighted by atomic mass is 16.5. The summed E-state index contributed by atoms with van der Waals surface area (Å²) in [5.41, 5.74) is 0.972. The largest absolute Gasteiger partial charge is 0.497 e. The molecule has 0 heterocycles. The zero-order chi connectivity index (χ0) is 15.5. The summed E-state index contributed by atoms with van der Waals surface area (Å²) in [6.45, 7) is 3.63. The molecule has 1 aromatic rings. The number of nitrogens with one attached hydrogen (secondary N) is 1. The lowest BCUT2D eigenvalue weighted by atomic mass is 10.0. The Morgan fingerprint density at radius 1 is 1.24 bits per heavy atom. The highest BCUT2D eigenvalue weighted by Gasteiger charge is 2.02. The zero-order valence-corrected chi connectivity index (χ0v) is 13.1. The maximum atomic E-state index is 11.7. The Bertz CT molecular complexity index is 440. The van der Waals surface area contributed by atoms with Gasteiger partial charge in [-0.1, -0.05) is 19.1 Å². The van der Waals surface area contributed by atoms with E-state index in [9.17, 15) is 4.79 Å². The van der Waals surface area contributed by atoms with Crippen molar-refractivity contribution in [1.29, 1.82) is 0 Å². The summed E-state index contributed by atoms with van der Waals surface area (Å²) in [4.78, 5) is 11.7. The maximum Gasteiger partial charge on any atom is 0.243 e. The van der Waals surface area contributed by atoms with Crippen molar-refractivity contribution in [3.05, 3.63) is 35.9 Å². The number of amides is 1. The van der Waals surface area contributed by atoms with E-state index in [0.29, 0.717) is 12.5 Å². The van der Waals surface area contributed by atoms with Crippen molar-refractivity contribution < 1.29 is 14.3 Å². The Kier molecular flexibility index (Phi) is 8.21. The van der Waals surface area contributed by atoms with Gasteiger partial charge in [0, 0.05) is 26.3 Å². The van der Waals surface area contributed by atoms with E-state index < -0.39 is 0 Å². The van der Waals surface area contributed by atoms with E-state index in [1.165, 1.54) is 0 Å². The fourth-order valence-corrected chi connectivity index (χ4v) is 1.85. The molecule has 1 N–H and O–H groups in total. The summed E-state index contributed by atoms with van der Waals surface area (Å²) < 4.78 is 10.1. The van der Waals surface area contributed by atoms with Gasteiger partial charge in [0.1, 0.15) is 5.75 Å². The minimum absolute atomic E-state index is 0.0650. The zero-order valence-electron chi connectivity index (χ0n) is 13.1. The van der Waals surface area contributed by atoms with E-state index in [0.717, 1.165) is 30.8 Å². The smallest absolute Gasteiger partial charge is 0.243 e. The minimum Gasteiger partial charge on any atom is -0.497 e. The third-order valence-electron chi connectivity index (χ3n) is 3.29. The van der Waals surface area contributed by atoms with Crippen LogP contribution in [0.4, 0.5) is 0 Å². The van der Waals surface area contributed by atoms with Gasteiger partial charge in [-0.2, -0.15) is 0 Å². The number of ether oxygens (including phenoxy) is 2. The number of carbonyl (C=O) groups excluding carboxylic acids is 1. The van der Waals surface area contributed by atoms with Crippen LogP contribution in [0.2, 0.25) is 0 Å². The second-order valence-electron chi connectivity index (χ2n) is 5.07. The number of methoxy groups -OCH3 is 2. The topological polar surface area (TPSA) is 47.6 Å². The van der Waals surface area contributed by atoms with Crippen molar-refractivity contribution in [2.45, 2.75) is 19.8 Å². The Labute approximate surface area is 127 Å². The van der Waals surface area contributed by atoms with Gasteiger partial charge in [-0.15, -0.1) is 0 Å². The summed E-state index contributed by atoms with van der Waals surface area (Å²) in [5, 5.41) is 2.89. The van der Waals surface area contributed by atoms with E-state index in [2.05, 4.69) is 12.2 Å². The molecule has 0 aliphatic carbocycles. The average molecular weight is 291 g/mol. The summed E-state index contributed by atoms with van der Waals surface area (Å²) in [6.07, 6.45) is 5.34. The number of hydrogen-bond acceptors (Lipinski definition) is 3. The molecule has 0 aliphatic heterocycles. The molecule has 0 saturated carbocycles. The van der Waals surface area contributed by atoms with Crippen molar-refractivity contribution in [2.24, 2.45) is 5.92 Å². The number of rotatable bonds is 9. The van der Waals surface area contributed by atoms with Gasteiger partial charge in [-0.25, -0.2) is 0 Å². The highest BCUT2D eigenvalue weighted by Crippen LogP contribution is 2.12. The Hall–Kier alpha value is -1.81. The van der Waals surface area contributed by atoms with Crippen LogP contribution in [-0.4, -0.2) is 33.3 Å². The predicted octanol–water partition coefficient (Wildman–Crippen LogP) is 2.89. The maximum absolute atomic E-state index is 11.7. The molecule has 0 saturated heterocycles. The summed E-state index contributed by atoms with van der Waals surface area (Å²) >= 11 is 0. The van der Waals surface area contributed by atoms with Gasteiger partial charge < -0.3 is 14.8 Å². The standard InChI is InChI=1S/C17H25NO3/c1-14(11-13-20-2)10-12-18-17(19)9-6-15-4-7-16(21-3)8-5-15/h4-9,14H,10-13H2,1-3H3,(H,18,19). The molecule has 4 nitrogen and oxygen atoms in total. The normalized spacial score (nSPS) is 12.3. The van der Waals surface area contributed by atoms with Crippen LogP contribution in [0.15, 0.2) is 30.3 Å². The molecule has 0 aromatic heterocycles. The Morgan fingerprint density at radius 2 is 1.95 bits per heavy atom. The van der Waals surface area contributed by atoms with E-state index in [4.69, 9.17) is 9.47 Å². The van der Waals surface area contributed by atoms with Crippen molar-refractivity contribution in [2.75, 3.05) is 27.4 Å². The SMILES string of the molecule is COCCC(C)CCNC(=O)C=Cc1ccc(OC)cc1. The first kappa shape index (κ1) is 17.2. The second kappa shape index (κ2) is 10.00. The van der Waals surface area contributed by atoms with Gasteiger partial charge in [0.15, 0.2) is 0 Å². The quantitative estimate of drug-likeness (QED) is 0.712. The van der Waals surface area contributed by atoms with Crippen molar-refractivity contribution in [3.63, 3.8) is 0 Å². The van der Waals surface area contributed by atoms with E-state index >= 15 is 0 Å². The van der Waals surface area contributed by atoms with Crippen LogP contribution in [0.1, 0.15) is 25.3 Å². The molecule has 0 spiro atoms. The monoisotopic (exact) mass is 291 g/mol. The fourth-order valence-electron chi connectivity index (χ4n) is 1.85. The summed E-state index contributed by atoms with van der Waals surface area (Å²) in [6, 6.07) is 7.56. The predicted molar refractivity (Wildman–Crippen MR) is 85.3 cm³/mol. The first-order valence-electron chi connectivity index (χ1n) is 7.24. The van der Waals surface area contributed by atoms with Gasteiger partial charge in [-0.05, 0) is 42.5 Å². The minimum atomic E-state index is -0.0650. The van der Waals surface area contributed by atoms with Crippen LogP contribution in [0.5, 0.6) is 5.75 Å². The molecule has 0 fully saturated rings. The summed E-state index contributed by atoms with van der Waals surface area (Å²) in [7, 11) is 3.34. The molecular formula is C17H25NO3. The lowest BCUT2D eigenvalue weighted by Crippen LogP contribution is -2.23. The van der Waals surface area contributed by atoms with Crippen LogP contribution in [0.3, 0.4) is 0 Å². The van der Waals surface area contributed by atoms with Crippen molar-refractivity contribution >= 4 is 12.0 Å². The third-order valence-corrected chi connectivity index (χ3v) is 3.29. The Balaban J connectivity index is 2.27. The highest BCUT2D eigenvalue weighted by molar-refractivity contribution is 5.91. The van der Waals surface area contributed by atoms with Gasteiger partial charge in [0.2, 0.25) is 5.91 Å². The lowest BCUT2D eigenvalue weighted by molar-refractivity contribution is -0.116. The summed E-state index contributed by atoms with van der Waals surface area (Å²) in [5.74, 6) is 1.29. The fraction of sp³-hybridized carbons (Fsp3) is 0.471. The Morgan fingerprint density at radius 3 is 2.57 bits per heavy atom. The second-order valence-corrected chi connectivity index (χ2v) is 5.07. The van der Waals surface area contributed by atoms with Crippen LogP contribution >= 0.6 is 0 Å². The van der Waals surface area contributed by atoms with E-state index in [1.807, 2.05) is 24.3 Å². The first-order chi connectivity index (χ1) is 10.2. The number of hydrogen-bond donors (Lipinski definition) is 1.